The molecular formula is C16H15NO3. The van der Waals surface area contributed by atoms with Crippen molar-refractivity contribution in [2.75, 3.05) is 7.11 Å². The maximum absolute atomic E-state index is 11.2. The Bertz CT molecular complexity index is 621. The number of ether oxygens (including phenoxy) is 1. The zero-order valence-corrected chi connectivity index (χ0v) is 11.2. The average Bonchev–Trinajstić information content (AvgIpc) is 2.48. The number of nitrogens with zero attached hydrogens (tertiary/aromatic N) is 1. The third-order valence-corrected chi connectivity index (χ3v) is 2.89. The van der Waals surface area contributed by atoms with Crippen LogP contribution in [0.3, 0.4) is 0 Å². The van der Waals surface area contributed by atoms with Gasteiger partial charge in [0.05, 0.1) is 18.5 Å². The molecule has 102 valence electrons. The van der Waals surface area contributed by atoms with Crippen LogP contribution in [0.2, 0.25) is 0 Å². The quantitative estimate of drug-likeness (QED) is 0.616. The summed E-state index contributed by atoms with van der Waals surface area (Å²) in [6.07, 6.45) is 1.88. The van der Waals surface area contributed by atoms with Gasteiger partial charge in [0, 0.05) is 6.08 Å². The third kappa shape index (κ3) is 3.68. The van der Waals surface area contributed by atoms with Gasteiger partial charge in [-0.05, 0) is 23.3 Å². The molecule has 4 heteroatoms. The highest BCUT2D eigenvalue weighted by molar-refractivity contribution is 5.54. The van der Waals surface area contributed by atoms with Gasteiger partial charge >= 0.3 is 0 Å². The van der Waals surface area contributed by atoms with Crippen molar-refractivity contribution in [2.24, 2.45) is 0 Å². The first-order valence-corrected chi connectivity index (χ1v) is 6.22. The highest BCUT2D eigenvalue weighted by Gasteiger charge is 2.11. The number of allylic oxidation sites excluding steroid dienone is 1. The molecule has 0 bridgehead atoms. The second kappa shape index (κ2) is 6.52. The van der Waals surface area contributed by atoms with Crippen LogP contribution in [0.15, 0.2) is 60.3 Å². The van der Waals surface area contributed by atoms with Crippen molar-refractivity contribution in [3.63, 3.8) is 0 Å². The lowest BCUT2D eigenvalue weighted by Crippen LogP contribution is -2.02. The van der Waals surface area contributed by atoms with Gasteiger partial charge in [-0.15, -0.1) is 0 Å². The van der Waals surface area contributed by atoms with Gasteiger partial charge < -0.3 is 4.74 Å². The molecule has 0 amide bonds. The molecule has 0 unspecified atom stereocenters. The standard InChI is InChI=1S/C16H15NO3/c1-20-16-9-5-8-14(12-16)11-15(17(18)19)10-13-6-3-2-4-7-13/h2-9,11-12H,10H2,1H3. The van der Waals surface area contributed by atoms with Crippen LogP contribution in [-0.2, 0) is 6.42 Å². The highest BCUT2D eigenvalue weighted by atomic mass is 16.6. The fourth-order valence-electron chi connectivity index (χ4n) is 1.90. The van der Waals surface area contributed by atoms with E-state index < -0.39 is 0 Å². The van der Waals surface area contributed by atoms with Crippen molar-refractivity contribution >= 4 is 6.08 Å². The molecule has 0 heterocycles. The minimum Gasteiger partial charge on any atom is -0.497 e. The maximum atomic E-state index is 11.2. The molecule has 0 radical (unpaired) electrons. The SMILES string of the molecule is COc1cccc(C=C(Cc2ccccc2)[N+](=O)[O-])c1. The molecule has 2 aromatic carbocycles. The molecule has 20 heavy (non-hydrogen) atoms. The molecule has 0 aromatic heterocycles. The molecule has 2 rings (SSSR count). The summed E-state index contributed by atoms with van der Waals surface area (Å²) in [7, 11) is 1.57. The summed E-state index contributed by atoms with van der Waals surface area (Å²) in [6.45, 7) is 0. The zero-order valence-electron chi connectivity index (χ0n) is 11.2. The maximum Gasteiger partial charge on any atom is 0.251 e. The molecule has 4 nitrogen and oxygen atoms in total. The lowest BCUT2D eigenvalue weighted by atomic mass is 10.1. The van der Waals surface area contributed by atoms with E-state index in [2.05, 4.69) is 0 Å². The Labute approximate surface area is 117 Å². The van der Waals surface area contributed by atoms with Crippen LogP contribution in [0.25, 0.3) is 6.08 Å². The predicted octanol–water partition coefficient (Wildman–Crippen LogP) is 3.56. The fraction of sp³-hybridized carbons (Fsp3) is 0.125. The van der Waals surface area contributed by atoms with E-state index in [1.165, 1.54) is 0 Å². The van der Waals surface area contributed by atoms with E-state index in [4.69, 9.17) is 4.74 Å². The second-order valence-electron chi connectivity index (χ2n) is 4.33. The smallest absolute Gasteiger partial charge is 0.251 e. The molecular weight excluding hydrogens is 254 g/mol. The first kappa shape index (κ1) is 13.8. The molecule has 0 fully saturated rings. The summed E-state index contributed by atoms with van der Waals surface area (Å²) in [5.41, 5.74) is 1.83. The van der Waals surface area contributed by atoms with E-state index >= 15 is 0 Å². The van der Waals surface area contributed by atoms with Gasteiger partial charge in [-0.1, -0.05) is 42.5 Å². The summed E-state index contributed by atoms with van der Waals surface area (Å²) in [6, 6.07) is 16.6. The van der Waals surface area contributed by atoms with Crippen molar-refractivity contribution < 1.29 is 9.66 Å². The van der Waals surface area contributed by atoms with Crippen molar-refractivity contribution in [1.82, 2.24) is 0 Å². The fourth-order valence-corrected chi connectivity index (χ4v) is 1.90. The summed E-state index contributed by atoms with van der Waals surface area (Å²) in [5, 5.41) is 11.2. The normalized spacial score (nSPS) is 11.2. The topological polar surface area (TPSA) is 52.4 Å². The Balaban J connectivity index is 2.28. The average molecular weight is 269 g/mol. The Morgan fingerprint density at radius 1 is 1.20 bits per heavy atom. The summed E-state index contributed by atoms with van der Waals surface area (Å²) in [4.78, 5) is 10.8. The molecule has 0 aliphatic heterocycles. The van der Waals surface area contributed by atoms with Crippen LogP contribution in [-0.4, -0.2) is 12.0 Å². The zero-order chi connectivity index (χ0) is 14.4. The minimum absolute atomic E-state index is 0.157. The third-order valence-electron chi connectivity index (χ3n) is 2.89. The van der Waals surface area contributed by atoms with Gasteiger partial charge in [0.25, 0.3) is 5.70 Å². The van der Waals surface area contributed by atoms with Crippen LogP contribution < -0.4 is 4.74 Å². The van der Waals surface area contributed by atoms with Crippen LogP contribution >= 0.6 is 0 Å². The number of benzene rings is 2. The van der Waals surface area contributed by atoms with Crippen molar-refractivity contribution in [3.05, 3.63) is 81.5 Å². The van der Waals surface area contributed by atoms with E-state index in [-0.39, 0.29) is 10.6 Å². The van der Waals surface area contributed by atoms with Gasteiger partial charge in [0.2, 0.25) is 0 Å². The van der Waals surface area contributed by atoms with Crippen LogP contribution in [0.1, 0.15) is 11.1 Å². The first-order valence-electron chi connectivity index (χ1n) is 6.22. The molecule has 0 saturated carbocycles. The predicted molar refractivity (Wildman–Crippen MR) is 78.1 cm³/mol. The number of methoxy groups -OCH3 is 1. The molecule has 0 atom stereocenters. The minimum atomic E-state index is -0.341. The monoisotopic (exact) mass is 269 g/mol. The Morgan fingerprint density at radius 3 is 2.60 bits per heavy atom. The van der Waals surface area contributed by atoms with Crippen LogP contribution in [0, 0.1) is 10.1 Å². The lowest BCUT2D eigenvalue weighted by Gasteiger charge is -2.02. The largest absolute Gasteiger partial charge is 0.497 e. The first-order chi connectivity index (χ1) is 9.69. The molecule has 2 aromatic rings. The number of hydrogen-bond donors (Lipinski definition) is 0. The molecule has 0 N–H and O–H groups in total. The van der Waals surface area contributed by atoms with Crippen LogP contribution in [0.4, 0.5) is 0 Å². The molecule has 0 aliphatic carbocycles. The van der Waals surface area contributed by atoms with Gasteiger partial charge in [0.15, 0.2) is 0 Å². The molecule has 0 aliphatic rings. The summed E-state index contributed by atoms with van der Waals surface area (Å²) in [5.74, 6) is 0.682. The van der Waals surface area contributed by atoms with Gasteiger partial charge in [-0.25, -0.2) is 0 Å². The number of rotatable bonds is 5. The Kier molecular flexibility index (Phi) is 4.50. The molecule has 0 saturated heterocycles. The van der Waals surface area contributed by atoms with Crippen molar-refractivity contribution in [2.45, 2.75) is 6.42 Å². The van der Waals surface area contributed by atoms with Crippen LogP contribution in [0.5, 0.6) is 5.75 Å². The highest BCUT2D eigenvalue weighted by Crippen LogP contribution is 2.17. The lowest BCUT2D eigenvalue weighted by molar-refractivity contribution is -0.425. The summed E-state index contributed by atoms with van der Waals surface area (Å²) >= 11 is 0. The van der Waals surface area contributed by atoms with E-state index in [1.54, 1.807) is 25.3 Å². The second-order valence-corrected chi connectivity index (χ2v) is 4.33. The Hall–Kier alpha value is -2.62. The summed E-state index contributed by atoms with van der Waals surface area (Å²) < 4.78 is 5.12. The van der Waals surface area contributed by atoms with E-state index in [0.717, 1.165) is 11.1 Å². The molecule has 0 spiro atoms. The van der Waals surface area contributed by atoms with E-state index in [0.29, 0.717) is 12.2 Å². The number of nitro groups is 1. The Morgan fingerprint density at radius 2 is 1.95 bits per heavy atom. The van der Waals surface area contributed by atoms with Crippen molar-refractivity contribution in [3.8, 4) is 5.75 Å². The van der Waals surface area contributed by atoms with Gasteiger partial charge in [-0.3, -0.25) is 10.1 Å². The van der Waals surface area contributed by atoms with Gasteiger partial charge in [0.1, 0.15) is 5.75 Å². The van der Waals surface area contributed by atoms with E-state index in [9.17, 15) is 10.1 Å². The number of hydrogen-bond acceptors (Lipinski definition) is 3. The van der Waals surface area contributed by atoms with E-state index in [1.807, 2.05) is 42.5 Å². The van der Waals surface area contributed by atoms with Crippen molar-refractivity contribution in [1.29, 1.82) is 0 Å². The van der Waals surface area contributed by atoms with Gasteiger partial charge in [-0.2, -0.15) is 0 Å².